The van der Waals surface area contributed by atoms with Gasteiger partial charge < -0.3 is 5.32 Å². The van der Waals surface area contributed by atoms with Crippen molar-refractivity contribution in [1.82, 2.24) is 5.32 Å². The van der Waals surface area contributed by atoms with E-state index in [-0.39, 0.29) is 29.0 Å². The normalized spacial score (nSPS) is 8.20. The number of nitrogens with one attached hydrogen (secondary N) is 1. The molecule has 0 unspecified atom stereocenters. The van der Waals surface area contributed by atoms with Crippen molar-refractivity contribution in [3.8, 4) is 0 Å². The second-order valence-electron chi connectivity index (χ2n) is 2.10. The number of hydrogen-bond acceptors (Lipinski definition) is 1. The number of carbonyl (C=O) groups is 1. The van der Waals surface area contributed by atoms with Crippen LogP contribution < -0.4 is 5.32 Å². The summed E-state index contributed by atoms with van der Waals surface area (Å²) in [7, 11) is 0. The van der Waals surface area contributed by atoms with Gasteiger partial charge in [0, 0.05) is 36.0 Å². The van der Waals surface area contributed by atoms with Crippen molar-refractivity contribution >= 4 is 29.0 Å². The van der Waals surface area contributed by atoms with E-state index in [2.05, 4.69) is 5.32 Å². The van der Waals surface area contributed by atoms with Gasteiger partial charge in [0.2, 0.25) is 5.91 Å². The fourth-order valence-electron chi connectivity index (χ4n) is 0.580. The van der Waals surface area contributed by atoms with Crippen LogP contribution in [0.2, 0.25) is 0 Å². The van der Waals surface area contributed by atoms with Gasteiger partial charge in [-0.15, -0.1) is 0 Å². The minimum atomic E-state index is 0. The third-order valence-electron chi connectivity index (χ3n) is 1.05. The molecule has 0 bridgehead atoms. The van der Waals surface area contributed by atoms with Crippen LogP contribution in [0.3, 0.4) is 0 Å². The molecule has 0 atom stereocenters. The first kappa shape index (κ1) is 12.9. The molecule has 2 radical (unpaired) electrons. The van der Waals surface area contributed by atoms with Crippen molar-refractivity contribution < 1.29 is 4.79 Å². The zero-order chi connectivity index (χ0) is 7.11. The molecule has 0 spiro atoms. The molecule has 2 nitrogen and oxygen atoms in total. The maximum atomic E-state index is 10.7. The van der Waals surface area contributed by atoms with Crippen LogP contribution >= 0.6 is 0 Å². The smallest absolute Gasteiger partial charge is 0.219 e. The molecule has 3 heteroatoms. The van der Waals surface area contributed by atoms with E-state index in [1.807, 2.05) is 13.8 Å². The second kappa shape index (κ2) is 9.24. The largest absolute Gasteiger partial charge is 0.356 e. The van der Waals surface area contributed by atoms with E-state index in [0.717, 1.165) is 19.4 Å². The van der Waals surface area contributed by atoms with Gasteiger partial charge in [0.25, 0.3) is 0 Å². The summed E-state index contributed by atoms with van der Waals surface area (Å²) >= 11 is 0. The lowest BCUT2D eigenvalue weighted by Gasteiger charge is -1.99. The summed E-state index contributed by atoms with van der Waals surface area (Å²) in [5.41, 5.74) is 0. The van der Waals surface area contributed by atoms with E-state index in [1.54, 1.807) is 0 Å². The lowest BCUT2D eigenvalue weighted by molar-refractivity contribution is -0.121. The summed E-state index contributed by atoms with van der Waals surface area (Å²) in [5.74, 6) is 0.180. The Morgan fingerprint density at radius 2 is 1.90 bits per heavy atom. The van der Waals surface area contributed by atoms with Gasteiger partial charge in [-0.3, -0.25) is 4.79 Å². The van der Waals surface area contributed by atoms with Crippen LogP contribution in [0.1, 0.15) is 33.1 Å². The van der Waals surface area contributed by atoms with E-state index < -0.39 is 0 Å². The summed E-state index contributed by atoms with van der Waals surface area (Å²) in [6.07, 6.45) is 2.63. The van der Waals surface area contributed by atoms with Crippen molar-refractivity contribution in [3.05, 3.63) is 0 Å². The fourth-order valence-corrected chi connectivity index (χ4v) is 0.580. The number of amides is 1. The van der Waals surface area contributed by atoms with E-state index >= 15 is 0 Å². The average Bonchev–Trinajstić information content (AvgIpc) is 1.85. The Hall–Kier alpha value is 0.236. The lowest BCUT2D eigenvalue weighted by atomic mass is 10.3. The Kier molecular flexibility index (Phi) is 11.9. The third kappa shape index (κ3) is 8.24. The molecule has 0 aliphatic carbocycles. The molecule has 0 heterocycles. The SMILES string of the molecule is CCCNC(=O)CCC.[Mg]. The molecule has 10 heavy (non-hydrogen) atoms. The van der Waals surface area contributed by atoms with E-state index in [9.17, 15) is 4.79 Å². The molecule has 0 aliphatic rings. The zero-order valence-corrected chi connectivity index (χ0v) is 8.36. The van der Waals surface area contributed by atoms with Crippen LogP contribution in [-0.2, 0) is 4.79 Å². The Morgan fingerprint density at radius 1 is 1.30 bits per heavy atom. The van der Waals surface area contributed by atoms with Crippen molar-refractivity contribution in [2.45, 2.75) is 33.1 Å². The highest BCUT2D eigenvalue weighted by Gasteiger charge is 1.94. The Morgan fingerprint density at radius 3 is 2.30 bits per heavy atom. The van der Waals surface area contributed by atoms with Gasteiger partial charge in [-0.05, 0) is 12.8 Å². The van der Waals surface area contributed by atoms with Crippen molar-refractivity contribution in [2.75, 3.05) is 6.54 Å². The highest BCUT2D eigenvalue weighted by Crippen LogP contribution is 1.84. The maximum Gasteiger partial charge on any atom is 0.219 e. The summed E-state index contributed by atoms with van der Waals surface area (Å²) < 4.78 is 0. The van der Waals surface area contributed by atoms with Crippen molar-refractivity contribution in [2.24, 2.45) is 0 Å². The minimum Gasteiger partial charge on any atom is -0.356 e. The third-order valence-corrected chi connectivity index (χ3v) is 1.05. The monoisotopic (exact) mass is 153 g/mol. The number of carbonyl (C=O) groups excluding carboxylic acids is 1. The molecule has 0 aliphatic heterocycles. The van der Waals surface area contributed by atoms with Gasteiger partial charge in [-0.25, -0.2) is 0 Å². The first-order valence-electron chi connectivity index (χ1n) is 3.58. The van der Waals surface area contributed by atoms with Gasteiger partial charge in [-0.2, -0.15) is 0 Å². The van der Waals surface area contributed by atoms with E-state index in [4.69, 9.17) is 0 Å². The minimum absolute atomic E-state index is 0. The molecule has 0 saturated heterocycles. The lowest BCUT2D eigenvalue weighted by Crippen LogP contribution is -2.23. The van der Waals surface area contributed by atoms with Gasteiger partial charge in [0.1, 0.15) is 0 Å². The molecule has 1 amide bonds. The van der Waals surface area contributed by atoms with E-state index in [0.29, 0.717) is 6.42 Å². The molecule has 0 aromatic heterocycles. The average molecular weight is 154 g/mol. The molecule has 56 valence electrons. The highest BCUT2D eigenvalue weighted by atomic mass is 24.3. The predicted octanol–water partition coefficient (Wildman–Crippen LogP) is 0.932. The maximum absolute atomic E-state index is 10.7. The predicted molar refractivity (Wildman–Crippen MR) is 44.0 cm³/mol. The molecule has 1 N–H and O–H groups in total. The van der Waals surface area contributed by atoms with E-state index in [1.165, 1.54) is 0 Å². The molecule has 0 fully saturated rings. The molecule has 0 aromatic rings. The highest BCUT2D eigenvalue weighted by molar-refractivity contribution is 5.76. The number of hydrogen-bond donors (Lipinski definition) is 1. The summed E-state index contributed by atoms with van der Waals surface area (Å²) in [6.45, 7) is 4.87. The van der Waals surface area contributed by atoms with Gasteiger partial charge in [-0.1, -0.05) is 13.8 Å². The zero-order valence-electron chi connectivity index (χ0n) is 6.94. The first-order chi connectivity index (χ1) is 4.31. The quantitative estimate of drug-likeness (QED) is 0.599. The van der Waals surface area contributed by atoms with Crippen LogP contribution in [-0.4, -0.2) is 35.5 Å². The van der Waals surface area contributed by atoms with Crippen molar-refractivity contribution in [1.29, 1.82) is 0 Å². The molecule has 0 saturated carbocycles. The van der Waals surface area contributed by atoms with Crippen LogP contribution in [0.5, 0.6) is 0 Å². The summed E-state index contributed by atoms with van der Waals surface area (Å²) in [4.78, 5) is 10.7. The fraction of sp³-hybridized carbons (Fsp3) is 0.857. The van der Waals surface area contributed by atoms with Crippen LogP contribution in [0.15, 0.2) is 0 Å². The first-order valence-corrected chi connectivity index (χ1v) is 3.58. The summed E-state index contributed by atoms with van der Waals surface area (Å²) in [5, 5.41) is 2.79. The molecule has 0 aromatic carbocycles. The second-order valence-corrected chi connectivity index (χ2v) is 2.10. The van der Waals surface area contributed by atoms with Crippen LogP contribution in [0.25, 0.3) is 0 Å². The standard InChI is InChI=1S/C7H15NO.Mg/c1-3-5-7(9)8-6-4-2;/h3-6H2,1-2H3,(H,8,9);. The Bertz CT molecular complexity index is 85.7. The van der Waals surface area contributed by atoms with Gasteiger partial charge in [0.15, 0.2) is 0 Å². The van der Waals surface area contributed by atoms with Crippen LogP contribution in [0, 0.1) is 0 Å². The van der Waals surface area contributed by atoms with Gasteiger partial charge >= 0.3 is 0 Å². The topological polar surface area (TPSA) is 29.1 Å². The molecular weight excluding hydrogens is 138 g/mol. The van der Waals surface area contributed by atoms with Gasteiger partial charge in [0.05, 0.1) is 0 Å². The summed E-state index contributed by atoms with van der Waals surface area (Å²) in [6, 6.07) is 0. The Labute approximate surface area is 78.9 Å². The van der Waals surface area contributed by atoms with Crippen molar-refractivity contribution in [3.63, 3.8) is 0 Å². The number of rotatable bonds is 4. The molecular formula is C7H15MgNO. The molecule has 0 rings (SSSR count). The van der Waals surface area contributed by atoms with Crippen LogP contribution in [0.4, 0.5) is 0 Å². The Balaban J connectivity index is 0.